The van der Waals surface area contributed by atoms with E-state index in [1.807, 2.05) is 18.2 Å². The summed E-state index contributed by atoms with van der Waals surface area (Å²) < 4.78 is 5.16. The Morgan fingerprint density at radius 1 is 1.31 bits per heavy atom. The zero-order valence-corrected chi connectivity index (χ0v) is 10.2. The average Bonchev–Trinajstić information content (AvgIpc) is 2.26. The van der Waals surface area contributed by atoms with Crippen LogP contribution in [0.4, 0.5) is 0 Å². The van der Waals surface area contributed by atoms with Crippen molar-refractivity contribution in [3.05, 3.63) is 29.8 Å². The van der Waals surface area contributed by atoms with Gasteiger partial charge in [-0.15, -0.1) is 0 Å². The monoisotopic (exact) mass is 223 g/mol. The van der Waals surface area contributed by atoms with Crippen LogP contribution in [-0.4, -0.2) is 24.9 Å². The number of para-hydroxylation sites is 1. The third-order valence-corrected chi connectivity index (χ3v) is 2.70. The minimum absolute atomic E-state index is 0.310. The predicted octanol–water partition coefficient (Wildman–Crippen LogP) is 2.15. The summed E-state index contributed by atoms with van der Waals surface area (Å²) >= 11 is 0. The van der Waals surface area contributed by atoms with Crippen LogP contribution in [0.1, 0.15) is 19.4 Å². The molecule has 0 radical (unpaired) electrons. The quantitative estimate of drug-likeness (QED) is 0.776. The number of benzene rings is 1. The molecule has 0 aliphatic rings. The Morgan fingerprint density at radius 3 is 2.56 bits per heavy atom. The summed E-state index contributed by atoms with van der Waals surface area (Å²) in [6.45, 7) is 5.66. The maximum absolute atomic E-state index is 9.62. The van der Waals surface area contributed by atoms with Crippen molar-refractivity contribution in [1.29, 1.82) is 0 Å². The number of nitrogens with one attached hydrogen (secondary N) is 1. The summed E-state index contributed by atoms with van der Waals surface area (Å²) in [5.74, 6) is 0.848. The number of phenols is 1. The second-order valence-corrected chi connectivity index (χ2v) is 4.32. The Morgan fingerprint density at radius 2 is 2.00 bits per heavy atom. The lowest BCUT2D eigenvalue weighted by Gasteiger charge is -2.21. The largest absolute Gasteiger partial charge is 0.508 e. The summed E-state index contributed by atoms with van der Waals surface area (Å²) in [5.41, 5.74) is 0.921. The molecule has 90 valence electrons. The number of aromatic hydroxyl groups is 1. The first-order valence-corrected chi connectivity index (χ1v) is 5.64. The van der Waals surface area contributed by atoms with Gasteiger partial charge in [-0.3, -0.25) is 0 Å². The van der Waals surface area contributed by atoms with Crippen molar-refractivity contribution in [2.24, 2.45) is 5.92 Å². The molecule has 0 saturated heterocycles. The van der Waals surface area contributed by atoms with E-state index in [1.54, 1.807) is 13.2 Å². The predicted molar refractivity (Wildman–Crippen MR) is 65.4 cm³/mol. The molecular formula is C13H21NO2. The first-order valence-electron chi connectivity index (χ1n) is 5.64. The second-order valence-electron chi connectivity index (χ2n) is 4.32. The van der Waals surface area contributed by atoms with E-state index in [1.165, 1.54) is 0 Å². The number of hydrogen-bond donors (Lipinski definition) is 2. The van der Waals surface area contributed by atoms with E-state index >= 15 is 0 Å². The van der Waals surface area contributed by atoms with Gasteiger partial charge in [0, 0.05) is 25.3 Å². The number of rotatable bonds is 6. The SMILES string of the molecule is COCC(NCc1ccccc1O)C(C)C. The highest BCUT2D eigenvalue weighted by atomic mass is 16.5. The molecule has 3 nitrogen and oxygen atoms in total. The van der Waals surface area contributed by atoms with Crippen LogP contribution in [0.5, 0.6) is 5.75 Å². The van der Waals surface area contributed by atoms with E-state index in [4.69, 9.17) is 4.74 Å². The summed E-state index contributed by atoms with van der Waals surface area (Å²) in [6, 6.07) is 7.69. The molecule has 2 N–H and O–H groups in total. The van der Waals surface area contributed by atoms with Gasteiger partial charge in [0.05, 0.1) is 6.61 Å². The fourth-order valence-electron chi connectivity index (χ4n) is 1.57. The molecule has 0 saturated carbocycles. The highest BCUT2D eigenvalue weighted by Gasteiger charge is 2.12. The van der Waals surface area contributed by atoms with Crippen LogP contribution in [0.3, 0.4) is 0 Å². The average molecular weight is 223 g/mol. The molecule has 16 heavy (non-hydrogen) atoms. The van der Waals surface area contributed by atoms with E-state index in [0.717, 1.165) is 5.56 Å². The van der Waals surface area contributed by atoms with Crippen molar-refractivity contribution in [3.63, 3.8) is 0 Å². The van der Waals surface area contributed by atoms with Gasteiger partial charge in [0.1, 0.15) is 5.75 Å². The molecule has 1 atom stereocenters. The van der Waals surface area contributed by atoms with Crippen LogP contribution in [0.15, 0.2) is 24.3 Å². The van der Waals surface area contributed by atoms with Crippen molar-refractivity contribution < 1.29 is 9.84 Å². The summed E-state index contributed by atoms with van der Waals surface area (Å²) in [7, 11) is 1.71. The fourth-order valence-corrected chi connectivity index (χ4v) is 1.57. The Hall–Kier alpha value is -1.06. The van der Waals surface area contributed by atoms with Gasteiger partial charge in [-0.05, 0) is 12.0 Å². The molecule has 0 aliphatic carbocycles. The van der Waals surface area contributed by atoms with Gasteiger partial charge >= 0.3 is 0 Å². The van der Waals surface area contributed by atoms with E-state index in [-0.39, 0.29) is 0 Å². The number of ether oxygens (including phenoxy) is 1. The zero-order valence-electron chi connectivity index (χ0n) is 10.2. The van der Waals surface area contributed by atoms with E-state index in [0.29, 0.717) is 30.9 Å². The normalized spacial score (nSPS) is 13.0. The third kappa shape index (κ3) is 3.83. The van der Waals surface area contributed by atoms with E-state index in [2.05, 4.69) is 19.2 Å². The molecule has 1 rings (SSSR count). The summed E-state index contributed by atoms with van der Waals surface area (Å²) in [6.07, 6.45) is 0. The maximum atomic E-state index is 9.62. The fraction of sp³-hybridized carbons (Fsp3) is 0.538. The maximum Gasteiger partial charge on any atom is 0.120 e. The van der Waals surface area contributed by atoms with Gasteiger partial charge in [0.2, 0.25) is 0 Å². The summed E-state index contributed by atoms with van der Waals surface area (Å²) in [5, 5.41) is 13.0. The Kier molecular flexibility index (Phi) is 5.29. The zero-order chi connectivity index (χ0) is 12.0. The smallest absolute Gasteiger partial charge is 0.120 e. The molecule has 1 aromatic carbocycles. The van der Waals surface area contributed by atoms with Gasteiger partial charge in [-0.2, -0.15) is 0 Å². The van der Waals surface area contributed by atoms with Gasteiger partial charge in [0.25, 0.3) is 0 Å². The molecule has 0 fully saturated rings. The molecule has 0 aromatic heterocycles. The van der Waals surface area contributed by atoms with Gasteiger partial charge in [-0.1, -0.05) is 32.0 Å². The van der Waals surface area contributed by atoms with Crippen molar-refractivity contribution in [1.82, 2.24) is 5.32 Å². The standard InChI is InChI=1S/C13H21NO2/c1-10(2)12(9-16-3)14-8-11-6-4-5-7-13(11)15/h4-7,10,12,14-15H,8-9H2,1-3H3. The first-order chi connectivity index (χ1) is 7.65. The van der Waals surface area contributed by atoms with E-state index in [9.17, 15) is 5.11 Å². The van der Waals surface area contributed by atoms with Crippen molar-refractivity contribution in [2.75, 3.05) is 13.7 Å². The van der Waals surface area contributed by atoms with Crippen molar-refractivity contribution >= 4 is 0 Å². The van der Waals surface area contributed by atoms with Crippen LogP contribution < -0.4 is 5.32 Å². The molecule has 0 bridgehead atoms. The molecule has 1 aromatic rings. The van der Waals surface area contributed by atoms with Crippen LogP contribution in [0.2, 0.25) is 0 Å². The van der Waals surface area contributed by atoms with Gasteiger partial charge in [-0.25, -0.2) is 0 Å². The highest BCUT2D eigenvalue weighted by molar-refractivity contribution is 5.31. The second kappa shape index (κ2) is 6.51. The first kappa shape index (κ1) is 13.0. The van der Waals surface area contributed by atoms with Crippen molar-refractivity contribution in [2.45, 2.75) is 26.4 Å². The molecule has 0 aliphatic heterocycles. The minimum Gasteiger partial charge on any atom is -0.508 e. The van der Waals surface area contributed by atoms with E-state index < -0.39 is 0 Å². The Balaban J connectivity index is 2.52. The lowest BCUT2D eigenvalue weighted by molar-refractivity contribution is 0.146. The molecule has 0 spiro atoms. The minimum atomic E-state index is 0.310. The van der Waals surface area contributed by atoms with Gasteiger partial charge in [0.15, 0.2) is 0 Å². The van der Waals surface area contributed by atoms with Gasteiger partial charge < -0.3 is 15.2 Å². The van der Waals surface area contributed by atoms with Crippen LogP contribution in [-0.2, 0) is 11.3 Å². The van der Waals surface area contributed by atoms with Crippen LogP contribution >= 0.6 is 0 Å². The number of methoxy groups -OCH3 is 1. The summed E-state index contributed by atoms with van der Waals surface area (Å²) in [4.78, 5) is 0. The lowest BCUT2D eigenvalue weighted by atomic mass is 10.0. The highest BCUT2D eigenvalue weighted by Crippen LogP contribution is 2.15. The van der Waals surface area contributed by atoms with Crippen molar-refractivity contribution in [3.8, 4) is 5.75 Å². The number of hydrogen-bond acceptors (Lipinski definition) is 3. The third-order valence-electron chi connectivity index (χ3n) is 2.70. The molecule has 0 amide bonds. The lowest BCUT2D eigenvalue weighted by Crippen LogP contribution is -2.37. The Labute approximate surface area is 97.4 Å². The Bertz CT molecular complexity index is 313. The molecule has 1 unspecified atom stereocenters. The molecular weight excluding hydrogens is 202 g/mol. The number of phenolic OH excluding ortho intramolecular Hbond substituents is 1. The van der Waals surface area contributed by atoms with Crippen LogP contribution in [0, 0.1) is 5.92 Å². The molecule has 3 heteroatoms. The molecule has 0 heterocycles. The topological polar surface area (TPSA) is 41.5 Å². The van der Waals surface area contributed by atoms with Crippen LogP contribution in [0.25, 0.3) is 0 Å².